The highest BCUT2D eigenvalue weighted by Crippen LogP contribution is 2.29. The third-order valence-corrected chi connectivity index (χ3v) is 5.63. The normalized spacial score (nSPS) is 15.4. The number of hydrogen-bond acceptors (Lipinski definition) is 5. The second-order valence-electron chi connectivity index (χ2n) is 6.35. The Balaban J connectivity index is 1.64. The maximum absolute atomic E-state index is 12.8. The highest BCUT2D eigenvalue weighted by atomic mass is 32.1. The topological polar surface area (TPSA) is 74.6 Å². The first-order valence-corrected chi connectivity index (χ1v) is 9.29. The van der Waals surface area contributed by atoms with E-state index in [4.69, 9.17) is 4.42 Å². The predicted octanol–water partition coefficient (Wildman–Crippen LogP) is 2.97. The summed E-state index contributed by atoms with van der Waals surface area (Å²) in [5.74, 6) is 0.647. The highest BCUT2D eigenvalue weighted by molar-refractivity contribution is 7.18. The number of piperidine rings is 1. The molecule has 134 valence electrons. The van der Waals surface area contributed by atoms with Gasteiger partial charge in [-0.1, -0.05) is 0 Å². The summed E-state index contributed by atoms with van der Waals surface area (Å²) in [5.41, 5.74) is 0.891. The molecule has 0 aromatic carbocycles. The largest absolute Gasteiger partial charge is 0.459 e. The SMILES string of the molecule is CNCC1CCN(C(=O)c2sc(NC(=O)c3ccco3)cc2C)CC1. The lowest BCUT2D eigenvalue weighted by atomic mass is 9.96. The predicted molar refractivity (Wildman–Crippen MR) is 98.3 cm³/mol. The van der Waals surface area contributed by atoms with Crippen molar-refractivity contribution in [3.8, 4) is 0 Å². The number of thiophene rings is 1. The molecule has 2 N–H and O–H groups in total. The van der Waals surface area contributed by atoms with Gasteiger partial charge in [-0.05, 0) is 63.0 Å². The van der Waals surface area contributed by atoms with Gasteiger partial charge in [0, 0.05) is 13.1 Å². The molecule has 0 saturated carbocycles. The van der Waals surface area contributed by atoms with E-state index in [0.717, 1.165) is 38.0 Å². The quantitative estimate of drug-likeness (QED) is 0.859. The van der Waals surface area contributed by atoms with Gasteiger partial charge in [0.1, 0.15) is 0 Å². The highest BCUT2D eigenvalue weighted by Gasteiger charge is 2.26. The van der Waals surface area contributed by atoms with Gasteiger partial charge in [-0.2, -0.15) is 0 Å². The van der Waals surface area contributed by atoms with Crippen molar-refractivity contribution in [1.29, 1.82) is 0 Å². The van der Waals surface area contributed by atoms with Gasteiger partial charge in [0.05, 0.1) is 16.1 Å². The molecule has 1 aliphatic heterocycles. The smallest absolute Gasteiger partial charge is 0.291 e. The summed E-state index contributed by atoms with van der Waals surface area (Å²) in [6.45, 7) is 4.48. The van der Waals surface area contributed by atoms with Crippen LogP contribution in [0.4, 0.5) is 5.00 Å². The number of hydrogen-bond donors (Lipinski definition) is 2. The number of aryl methyl sites for hydroxylation is 1. The average Bonchev–Trinajstić information content (AvgIpc) is 3.25. The molecule has 0 bridgehead atoms. The summed E-state index contributed by atoms with van der Waals surface area (Å²) >= 11 is 1.32. The molecule has 7 heteroatoms. The van der Waals surface area contributed by atoms with E-state index in [-0.39, 0.29) is 17.6 Å². The molecule has 0 aliphatic carbocycles. The molecule has 0 radical (unpaired) electrons. The third kappa shape index (κ3) is 4.11. The van der Waals surface area contributed by atoms with Crippen LogP contribution < -0.4 is 10.6 Å². The van der Waals surface area contributed by atoms with Crippen LogP contribution in [0, 0.1) is 12.8 Å². The Bertz CT molecular complexity index is 731. The minimum absolute atomic E-state index is 0.0592. The fourth-order valence-corrected chi connectivity index (χ4v) is 4.15. The van der Waals surface area contributed by atoms with Gasteiger partial charge in [0.15, 0.2) is 5.76 Å². The molecule has 3 rings (SSSR count). The van der Waals surface area contributed by atoms with Gasteiger partial charge in [-0.15, -0.1) is 11.3 Å². The maximum Gasteiger partial charge on any atom is 0.291 e. The molecule has 2 aromatic heterocycles. The summed E-state index contributed by atoms with van der Waals surface area (Å²) in [6.07, 6.45) is 3.51. The van der Waals surface area contributed by atoms with E-state index < -0.39 is 0 Å². The fourth-order valence-electron chi connectivity index (χ4n) is 3.11. The number of anilines is 1. The number of furan rings is 1. The van der Waals surface area contributed by atoms with E-state index in [1.807, 2.05) is 24.9 Å². The zero-order valence-corrected chi connectivity index (χ0v) is 15.3. The van der Waals surface area contributed by atoms with Gasteiger partial charge < -0.3 is 20.0 Å². The molecule has 1 aliphatic rings. The summed E-state index contributed by atoms with van der Waals surface area (Å²) in [4.78, 5) is 27.5. The molecule has 1 saturated heterocycles. The van der Waals surface area contributed by atoms with Crippen molar-refractivity contribution in [3.05, 3.63) is 40.7 Å². The van der Waals surface area contributed by atoms with E-state index in [0.29, 0.717) is 15.8 Å². The number of likely N-dealkylation sites (tertiary alicyclic amines) is 1. The number of rotatable bonds is 5. The van der Waals surface area contributed by atoms with Crippen molar-refractivity contribution in [3.63, 3.8) is 0 Å². The molecular weight excluding hydrogens is 338 g/mol. The van der Waals surface area contributed by atoms with Crippen LogP contribution in [0.25, 0.3) is 0 Å². The van der Waals surface area contributed by atoms with E-state index >= 15 is 0 Å². The van der Waals surface area contributed by atoms with Crippen molar-refractivity contribution in [2.75, 3.05) is 32.0 Å². The lowest BCUT2D eigenvalue weighted by Gasteiger charge is -2.31. The molecule has 0 spiro atoms. The fraction of sp³-hybridized carbons (Fsp3) is 0.444. The van der Waals surface area contributed by atoms with Crippen LogP contribution in [0.5, 0.6) is 0 Å². The number of carbonyl (C=O) groups is 2. The monoisotopic (exact) mass is 361 g/mol. The van der Waals surface area contributed by atoms with Crippen molar-refractivity contribution >= 4 is 28.2 Å². The zero-order valence-electron chi connectivity index (χ0n) is 14.5. The zero-order chi connectivity index (χ0) is 17.8. The van der Waals surface area contributed by atoms with E-state index in [9.17, 15) is 9.59 Å². The standard InChI is InChI=1S/C18H23N3O3S/c1-12-10-15(20-17(22)14-4-3-9-24-14)25-16(12)18(23)21-7-5-13(6-8-21)11-19-2/h3-4,9-10,13,19H,5-8,11H2,1-2H3,(H,20,22). The number of carbonyl (C=O) groups excluding carboxylic acids is 2. The third-order valence-electron chi connectivity index (χ3n) is 4.49. The molecule has 2 aromatic rings. The first-order valence-electron chi connectivity index (χ1n) is 8.47. The first kappa shape index (κ1) is 17.7. The van der Waals surface area contributed by atoms with E-state index in [1.165, 1.54) is 17.6 Å². The Morgan fingerprint density at radius 3 is 2.76 bits per heavy atom. The second-order valence-corrected chi connectivity index (χ2v) is 7.40. The van der Waals surface area contributed by atoms with Crippen LogP contribution >= 0.6 is 11.3 Å². The van der Waals surface area contributed by atoms with Gasteiger partial charge >= 0.3 is 0 Å². The van der Waals surface area contributed by atoms with Gasteiger partial charge in [-0.3, -0.25) is 9.59 Å². The van der Waals surface area contributed by atoms with E-state index in [2.05, 4.69) is 10.6 Å². The van der Waals surface area contributed by atoms with Crippen LogP contribution in [0.3, 0.4) is 0 Å². The van der Waals surface area contributed by atoms with E-state index in [1.54, 1.807) is 12.1 Å². The molecular formula is C18H23N3O3S. The number of nitrogens with one attached hydrogen (secondary N) is 2. The summed E-state index contributed by atoms with van der Waals surface area (Å²) < 4.78 is 5.09. The van der Waals surface area contributed by atoms with Crippen LogP contribution in [0.15, 0.2) is 28.9 Å². The molecule has 1 fully saturated rings. The molecule has 25 heavy (non-hydrogen) atoms. The van der Waals surface area contributed by atoms with Crippen LogP contribution in [0.2, 0.25) is 0 Å². The number of amides is 2. The lowest BCUT2D eigenvalue weighted by Crippen LogP contribution is -2.40. The Morgan fingerprint density at radius 2 is 2.12 bits per heavy atom. The van der Waals surface area contributed by atoms with Crippen molar-refractivity contribution in [2.45, 2.75) is 19.8 Å². The van der Waals surface area contributed by atoms with Gasteiger partial charge in [0.25, 0.3) is 11.8 Å². The summed E-state index contributed by atoms with van der Waals surface area (Å²) in [6, 6.07) is 5.12. The average molecular weight is 361 g/mol. The minimum atomic E-state index is -0.307. The summed E-state index contributed by atoms with van der Waals surface area (Å²) in [5, 5.41) is 6.66. The lowest BCUT2D eigenvalue weighted by molar-refractivity contribution is 0.0695. The van der Waals surface area contributed by atoms with Crippen molar-refractivity contribution in [1.82, 2.24) is 10.2 Å². The molecule has 0 atom stereocenters. The Labute approximate surface area is 151 Å². The van der Waals surface area contributed by atoms with Crippen molar-refractivity contribution < 1.29 is 14.0 Å². The second kappa shape index (κ2) is 7.84. The molecule has 6 nitrogen and oxygen atoms in total. The maximum atomic E-state index is 12.8. The molecule has 3 heterocycles. The first-order chi connectivity index (χ1) is 12.1. The van der Waals surface area contributed by atoms with Crippen LogP contribution in [0.1, 0.15) is 38.6 Å². The Kier molecular flexibility index (Phi) is 5.55. The van der Waals surface area contributed by atoms with Crippen LogP contribution in [-0.2, 0) is 0 Å². The Morgan fingerprint density at radius 1 is 1.36 bits per heavy atom. The van der Waals surface area contributed by atoms with Crippen LogP contribution in [-0.4, -0.2) is 43.4 Å². The van der Waals surface area contributed by atoms with Crippen molar-refractivity contribution in [2.24, 2.45) is 5.92 Å². The van der Waals surface area contributed by atoms with Gasteiger partial charge in [-0.25, -0.2) is 0 Å². The number of nitrogens with zero attached hydrogens (tertiary/aromatic N) is 1. The molecule has 2 amide bonds. The van der Waals surface area contributed by atoms with Gasteiger partial charge in [0.2, 0.25) is 0 Å². The minimum Gasteiger partial charge on any atom is -0.459 e. The Hall–Kier alpha value is -2.12. The summed E-state index contributed by atoms with van der Waals surface area (Å²) in [7, 11) is 1.96. The molecule has 0 unspecified atom stereocenters.